The van der Waals surface area contributed by atoms with Gasteiger partial charge in [0.2, 0.25) is 0 Å². The van der Waals surface area contributed by atoms with Gasteiger partial charge in [-0.2, -0.15) is 0 Å². The third kappa shape index (κ3) is 3.49. The van der Waals surface area contributed by atoms with Gasteiger partial charge in [0.05, 0.1) is 12.8 Å². The molecule has 1 aromatic rings. The molecule has 19 heavy (non-hydrogen) atoms. The first-order chi connectivity index (χ1) is 9.11. The number of hydrogen-bond acceptors (Lipinski definition) is 3. The van der Waals surface area contributed by atoms with Crippen LogP contribution in [0.1, 0.15) is 31.9 Å². The van der Waals surface area contributed by atoms with Gasteiger partial charge < -0.3 is 19.7 Å². The van der Waals surface area contributed by atoms with E-state index in [1.807, 2.05) is 0 Å². The van der Waals surface area contributed by atoms with Crippen LogP contribution in [0.4, 0.5) is 4.79 Å². The Bertz CT molecular complexity index is 440. The van der Waals surface area contributed by atoms with Crippen molar-refractivity contribution in [2.24, 2.45) is 0 Å². The van der Waals surface area contributed by atoms with E-state index in [0.29, 0.717) is 18.7 Å². The average Bonchev–Trinajstić information content (AvgIpc) is 3.09. The van der Waals surface area contributed by atoms with Crippen LogP contribution in [-0.2, 0) is 11.3 Å². The van der Waals surface area contributed by atoms with Crippen LogP contribution in [-0.4, -0.2) is 34.1 Å². The molecule has 1 aliphatic carbocycles. The van der Waals surface area contributed by atoms with Crippen LogP contribution in [0.5, 0.6) is 0 Å². The molecular formula is C13H18N2O4. The first-order valence-corrected chi connectivity index (χ1v) is 6.44. The molecule has 0 bridgehead atoms. The van der Waals surface area contributed by atoms with Crippen molar-refractivity contribution in [2.45, 2.75) is 44.8 Å². The Morgan fingerprint density at radius 2 is 2.32 bits per heavy atom. The summed E-state index contributed by atoms with van der Waals surface area (Å²) in [5.74, 6) is -0.310. The number of rotatable bonds is 6. The molecule has 1 aliphatic rings. The lowest BCUT2D eigenvalue weighted by Gasteiger charge is -2.23. The van der Waals surface area contributed by atoms with Crippen molar-refractivity contribution < 1.29 is 19.1 Å². The molecule has 1 aromatic heterocycles. The van der Waals surface area contributed by atoms with E-state index in [1.54, 1.807) is 30.2 Å². The van der Waals surface area contributed by atoms with Crippen LogP contribution >= 0.6 is 0 Å². The van der Waals surface area contributed by atoms with E-state index in [9.17, 15) is 9.59 Å². The Morgan fingerprint density at radius 1 is 1.58 bits per heavy atom. The minimum Gasteiger partial charge on any atom is -0.480 e. The van der Waals surface area contributed by atoms with Gasteiger partial charge in [-0.15, -0.1) is 0 Å². The highest BCUT2D eigenvalue weighted by Gasteiger charge is 2.34. The van der Waals surface area contributed by atoms with Crippen LogP contribution in [0, 0.1) is 0 Å². The number of aliphatic carboxylic acids is 1. The monoisotopic (exact) mass is 266 g/mol. The summed E-state index contributed by atoms with van der Waals surface area (Å²) < 4.78 is 5.23. The summed E-state index contributed by atoms with van der Waals surface area (Å²) in [6.07, 6.45) is 3.83. The molecule has 6 heteroatoms. The maximum atomic E-state index is 12.1. The Labute approximate surface area is 111 Å². The van der Waals surface area contributed by atoms with Gasteiger partial charge in [-0.25, -0.2) is 9.59 Å². The summed E-state index contributed by atoms with van der Waals surface area (Å²) in [5.41, 5.74) is 0. The normalized spacial score (nSPS) is 15.8. The fourth-order valence-corrected chi connectivity index (χ4v) is 1.89. The number of urea groups is 1. The van der Waals surface area contributed by atoms with Gasteiger partial charge in [-0.05, 0) is 31.4 Å². The van der Waals surface area contributed by atoms with Gasteiger partial charge in [0.1, 0.15) is 11.8 Å². The van der Waals surface area contributed by atoms with Crippen molar-refractivity contribution in [1.82, 2.24) is 10.2 Å². The van der Waals surface area contributed by atoms with Crippen LogP contribution in [0.25, 0.3) is 0 Å². The summed E-state index contributed by atoms with van der Waals surface area (Å²) in [6, 6.07) is 2.58. The lowest BCUT2D eigenvalue weighted by molar-refractivity contribution is -0.139. The molecule has 0 aliphatic heterocycles. The predicted octanol–water partition coefficient (Wildman–Crippen LogP) is 1.82. The predicted molar refractivity (Wildman–Crippen MR) is 67.5 cm³/mol. The zero-order chi connectivity index (χ0) is 13.8. The van der Waals surface area contributed by atoms with Crippen LogP contribution in [0.2, 0.25) is 0 Å². The molecule has 6 nitrogen and oxygen atoms in total. The van der Waals surface area contributed by atoms with Gasteiger partial charge in [0.15, 0.2) is 0 Å². The van der Waals surface area contributed by atoms with Crippen molar-refractivity contribution in [3.05, 3.63) is 24.2 Å². The third-order valence-electron chi connectivity index (χ3n) is 3.16. The maximum absolute atomic E-state index is 12.1. The molecule has 1 atom stereocenters. The van der Waals surface area contributed by atoms with Crippen LogP contribution in [0.15, 0.2) is 22.8 Å². The molecule has 1 saturated carbocycles. The molecule has 0 unspecified atom stereocenters. The number of carbonyl (C=O) groups excluding carboxylic acids is 1. The number of nitrogens with zero attached hydrogens (tertiary/aromatic N) is 1. The number of carbonyl (C=O) groups is 2. The minimum absolute atomic E-state index is 0.191. The fourth-order valence-electron chi connectivity index (χ4n) is 1.89. The SMILES string of the molecule is CC[C@H](NC(=O)N(Cc1ccco1)C1CC1)C(=O)O. The Hall–Kier alpha value is -1.98. The van der Waals surface area contributed by atoms with E-state index in [4.69, 9.17) is 9.52 Å². The fraction of sp³-hybridized carbons (Fsp3) is 0.538. The number of amides is 2. The number of carboxylic acids is 1. The second-order valence-corrected chi connectivity index (χ2v) is 4.69. The summed E-state index contributed by atoms with van der Waals surface area (Å²) >= 11 is 0. The highest BCUT2D eigenvalue weighted by molar-refractivity contribution is 5.82. The lowest BCUT2D eigenvalue weighted by atomic mass is 10.2. The molecule has 2 N–H and O–H groups in total. The number of nitrogens with one attached hydrogen (secondary N) is 1. The molecule has 2 rings (SSSR count). The standard InChI is InChI=1S/C13H18N2O4/c1-2-11(12(16)17)14-13(18)15(9-5-6-9)8-10-4-3-7-19-10/h3-4,7,9,11H,2,5-6,8H2,1H3,(H,14,18)(H,16,17)/t11-/m0/s1. The Balaban J connectivity index is 1.98. The number of hydrogen-bond donors (Lipinski definition) is 2. The molecule has 1 heterocycles. The van der Waals surface area contributed by atoms with Crippen molar-refractivity contribution in [2.75, 3.05) is 0 Å². The maximum Gasteiger partial charge on any atom is 0.326 e. The molecule has 104 valence electrons. The zero-order valence-electron chi connectivity index (χ0n) is 10.8. The van der Waals surface area contributed by atoms with E-state index >= 15 is 0 Å². The summed E-state index contributed by atoms with van der Waals surface area (Å²) in [4.78, 5) is 24.7. The first kappa shape index (κ1) is 13.5. The molecule has 0 saturated heterocycles. The first-order valence-electron chi connectivity index (χ1n) is 6.44. The zero-order valence-corrected chi connectivity index (χ0v) is 10.8. The van der Waals surface area contributed by atoms with E-state index in [-0.39, 0.29) is 12.1 Å². The van der Waals surface area contributed by atoms with E-state index in [2.05, 4.69) is 5.32 Å². The highest BCUT2D eigenvalue weighted by Crippen LogP contribution is 2.28. The second-order valence-electron chi connectivity index (χ2n) is 4.69. The van der Waals surface area contributed by atoms with E-state index in [1.165, 1.54) is 0 Å². The van der Waals surface area contributed by atoms with Gasteiger partial charge in [-0.3, -0.25) is 0 Å². The van der Waals surface area contributed by atoms with E-state index < -0.39 is 12.0 Å². The van der Waals surface area contributed by atoms with Crippen LogP contribution < -0.4 is 5.32 Å². The van der Waals surface area contributed by atoms with Crippen molar-refractivity contribution >= 4 is 12.0 Å². The summed E-state index contributed by atoms with van der Waals surface area (Å²) in [5, 5.41) is 11.5. The van der Waals surface area contributed by atoms with E-state index in [0.717, 1.165) is 12.8 Å². The highest BCUT2D eigenvalue weighted by atomic mass is 16.4. The largest absolute Gasteiger partial charge is 0.480 e. The summed E-state index contributed by atoms with van der Waals surface area (Å²) in [7, 11) is 0. The average molecular weight is 266 g/mol. The molecule has 2 amide bonds. The van der Waals surface area contributed by atoms with Crippen molar-refractivity contribution in [1.29, 1.82) is 0 Å². The lowest BCUT2D eigenvalue weighted by Crippen LogP contribution is -2.48. The number of carboxylic acid groups (broad SMARTS) is 1. The Morgan fingerprint density at radius 3 is 2.79 bits per heavy atom. The topological polar surface area (TPSA) is 82.8 Å². The van der Waals surface area contributed by atoms with Gasteiger partial charge in [0.25, 0.3) is 0 Å². The smallest absolute Gasteiger partial charge is 0.326 e. The summed E-state index contributed by atoms with van der Waals surface area (Å²) in [6.45, 7) is 2.10. The number of furan rings is 1. The molecule has 0 aromatic carbocycles. The van der Waals surface area contributed by atoms with Gasteiger partial charge in [-0.1, -0.05) is 6.92 Å². The second kappa shape index (κ2) is 5.77. The van der Waals surface area contributed by atoms with Gasteiger partial charge >= 0.3 is 12.0 Å². The van der Waals surface area contributed by atoms with Crippen LogP contribution in [0.3, 0.4) is 0 Å². The third-order valence-corrected chi connectivity index (χ3v) is 3.16. The molecule has 0 radical (unpaired) electrons. The van der Waals surface area contributed by atoms with Crippen molar-refractivity contribution in [3.63, 3.8) is 0 Å². The molecular weight excluding hydrogens is 248 g/mol. The van der Waals surface area contributed by atoms with Crippen molar-refractivity contribution in [3.8, 4) is 0 Å². The Kier molecular flexibility index (Phi) is 4.09. The quantitative estimate of drug-likeness (QED) is 0.822. The minimum atomic E-state index is -1.01. The molecule has 0 spiro atoms. The van der Waals surface area contributed by atoms with Gasteiger partial charge in [0, 0.05) is 6.04 Å². The molecule has 1 fully saturated rings.